The van der Waals surface area contributed by atoms with Crippen molar-refractivity contribution in [2.24, 2.45) is 0 Å². The average molecular weight is 448 g/mol. The van der Waals surface area contributed by atoms with E-state index in [1.807, 2.05) is 36.4 Å². The van der Waals surface area contributed by atoms with Crippen LogP contribution in [0.2, 0.25) is 0 Å². The molecule has 3 aromatic rings. The first-order chi connectivity index (χ1) is 16.0. The number of aliphatic carboxylic acids is 1. The Bertz CT molecular complexity index is 1140. The number of carbonyl (C=O) groups excluding carboxylic acids is 2. The molecule has 2 aromatic carbocycles. The molecule has 0 bridgehead atoms. The number of ether oxygens (including phenoxy) is 1. The van der Waals surface area contributed by atoms with Crippen LogP contribution in [0.15, 0.2) is 65.1 Å². The number of rotatable bonds is 8. The first-order valence-corrected chi connectivity index (χ1v) is 10.7. The Hall–Kier alpha value is -4.07. The molecule has 4 rings (SSSR count). The maximum Gasteiger partial charge on any atom is 0.407 e. The summed E-state index contributed by atoms with van der Waals surface area (Å²) in [4.78, 5) is 35.5. The number of carboxylic acids is 1. The Morgan fingerprint density at radius 1 is 1.00 bits per heavy atom. The van der Waals surface area contributed by atoms with E-state index >= 15 is 0 Å². The SMILES string of the molecule is CC[C@H](NC(=O)c1ccc(CNC(=O)OCC2c3ccccc3-c3ccccc32)o1)C(=O)O. The first kappa shape index (κ1) is 22.1. The zero-order valence-corrected chi connectivity index (χ0v) is 18.0. The zero-order valence-electron chi connectivity index (χ0n) is 18.0. The first-order valence-electron chi connectivity index (χ1n) is 10.7. The molecule has 1 aliphatic rings. The van der Waals surface area contributed by atoms with Gasteiger partial charge in [-0.3, -0.25) is 4.79 Å². The van der Waals surface area contributed by atoms with Gasteiger partial charge in [-0.1, -0.05) is 55.5 Å². The summed E-state index contributed by atoms with van der Waals surface area (Å²) in [7, 11) is 0. The Morgan fingerprint density at radius 2 is 1.64 bits per heavy atom. The number of hydrogen-bond acceptors (Lipinski definition) is 5. The lowest BCUT2D eigenvalue weighted by Gasteiger charge is -2.14. The van der Waals surface area contributed by atoms with Gasteiger partial charge in [0.25, 0.3) is 5.91 Å². The molecule has 0 spiro atoms. The monoisotopic (exact) mass is 448 g/mol. The summed E-state index contributed by atoms with van der Waals surface area (Å²) in [5.74, 6) is -1.47. The van der Waals surface area contributed by atoms with Crippen molar-refractivity contribution in [3.8, 4) is 11.1 Å². The van der Waals surface area contributed by atoms with Gasteiger partial charge in [-0.2, -0.15) is 0 Å². The highest BCUT2D eigenvalue weighted by atomic mass is 16.5. The highest BCUT2D eigenvalue weighted by Crippen LogP contribution is 2.44. The van der Waals surface area contributed by atoms with Gasteiger partial charge < -0.3 is 24.9 Å². The molecule has 0 saturated heterocycles. The molecular formula is C25H24N2O6. The number of carboxylic acid groups (broad SMARTS) is 1. The van der Waals surface area contributed by atoms with Gasteiger partial charge in [0, 0.05) is 5.92 Å². The number of furan rings is 1. The molecule has 3 N–H and O–H groups in total. The van der Waals surface area contributed by atoms with E-state index in [0.717, 1.165) is 22.3 Å². The molecule has 1 heterocycles. The Balaban J connectivity index is 1.31. The number of hydrogen-bond donors (Lipinski definition) is 3. The molecule has 1 aromatic heterocycles. The lowest BCUT2D eigenvalue weighted by molar-refractivity contribution is -0.139. The van der Waals surface area contributed by atoms with Gasteiger partial charge in [0.05, 0.1) is 6.54 Å². The van der Waals surface area contributed by atoms with Crippen molar-refractivity contribution >= 4 is 18.0 Å². The second kappa shape index (κ2) is 9.60. The lowest BCUT2D eigenvalue weighted by atomic mass is 9.98. The predicted molar refractivity (Wildman–Crippen MR) is 120 cm³/mol. The van der Waals surface area contributed by atoms with Gasteiger partial charge in [0.1, 0.15) is 18.4 Å². The minimum Gasteiger partial charge on any atom is -0.480 e. The molecule has 0 fully saturated rings. The Kier molecular flexibility index (Phi) is 6.44. The lowest BCUT2D eigenvalue weighted by Crippen LogP contribution is -2.40. The summed E-state index contributed by atoms with van der Waals surface area (Å²) in [6, 6.07) is 18.1. The highest BCUT2D eigenvalue weighted by molar-refractivity contribution is 5.94. The fourth-order valence-corrected chi connectivity index (χ4v) is 3.97. The molecule has 8 nitrogen and oxygen atoms in total. The van der Waals surface area contributed by atoms with Crippen LogP contribution < -0.4 is 10.6 Å². The molecule has 1 atom stereocenters. The summed E-state index contributed by atoms with van der Waals surface area (Å²) in [5, 5.41) is 14.0. The van der Waals surface area contributed by atoms with E-state index in [2.05, 4.69) is 22.8 Å². The van der Waals surface area contributed by atoms with Gasteiger partial charge in [-0.15, -0.1) is 0 Å². The van der Waals surface area contributed by atoms with Crippen LogP contribution in [0.1, 0.15) is 46.7 Å². The largest absolute Gasteiger partial charge is 0.480 e. The summed E-state index contributed by atoms with van der Waals surface area (Å²) in [5.41, 5.74) is 4.55. The van der Waals surface area contributed by atoms with Crippen molar-refractivity contribution in [3.05, 3.63) is 83.3 Å². The van der Waals surface area contributed by atoms with Crippen LogP contribution in [0.25, 0.3) is 11.1 Å². The van der Waals surface area contributed by atoms with Gasteiger partial charge in [0.15, 0.2) is 5.76 Å². The molecule has 170 valence electrons. The molecule has 0 radical (unpaired) electrons. The van der Waals surface area contributed by atoms with E-state index in [9.17, 15) is 14.4 Å². The van der Waals surface area contributed by atoms with Crippen LogP contribution in [-0.4, -0.2) is 35.7 Å². The van der Waals surface area contributed by atoms with E-state index in [4.69, 9.17) is 14.3 Å². The maximum atomic E-state index is 12.3. The minimum absolute atomic E-state index is 0.0279. The summed E-state index contributed by atoms with van der Waals surface area (Å²) in [6.45, 7) is 1.88. The Morgan fingerprint density at radius 3 is 2.24 bits per heavy atom. The second-order valence-corrected chi connectivity index (χ2v) is 7.72. The van der Waals surface area contributed by atoms with Crippen molar-refractivity contribution in [1.82, 2.24) is 10.6 Å². The molecule has 0 unspecified atom stereocenters. The van der Waals surface area contributed by atoms with Crippen LogP contribution in [0.5, 0.6) is 0 Å². The quantitative estimate of drug-likeness (QED) is 0.481. The fraction of sp³-hybridized carbons (Fsp3) is 0.240. The van der Waals surface area contributed by atoms with Gasteiger partial charge in [0.2, 0.25) is 0 Å². The van der Waals surface area contributed by atoms with Crippen molar-refractivity contribution in [2.75, 3.05) is 6.61 Å². The third-order valence-electron chi connectivity index (χ3n) is 5.65. The number of carbonyl (C=O) groups is 3. The fourth-order valence-electron chi connectivity index (χ4n) is 3.97. The Labute approximate surface area is 190 Å². The van der Waals surface area contributed by atoms with Crippen LogP contribution in [0.3, 0.4) is 0 Å². The number of alkyl carbamates (subject to hydrolysis) is 1. The van der Waals surface area contributed by atoms with Crippen LogP contribution in [0.4, 0.5) is 4.79 Å². The molecule has 2 amide bonds. The van der Waals surface area contributed by atoms with Crippen molar-refractivity contribution in [2.45, 2.75) is 31.8 Å². The average Bonchev–Trinajstić information content (AvgIpc) is 3.42. The maximum absolute atomic E-state index is 12.3. The van der Waals surface area contributed by atoms with Crippen LogP contribution >= 0.6 is 0 Å². The van der Waals surface area contributed by atoms with Gasteiger partial charge in [-0.05, 0) is 40.8 Å². The number of benzene rings is 2. The number of fused-ring (bicyclic) bond motifs is 3. The summed E-state index contributed by atoms with van der Waals surface area (Å²) in [6.07, 6.45) is -0.353. The van der Waals surface area contributed by atoms with Crippen molar-refractivity contribution in [1.29, 1.82) is 0 Å². The second-order valence-electron chi connectivity index (χ2n) is 7.72. The van der Waals surface area contributed by atoms with E-state index in [1.54, 1.807) is 13.0 Å². The van der Waals surface area contributed by atoms with Crippen molar-refractivity contribution < 1.29 is 28.6 Å². The molecule has 0 aliphatic heterocycles. The smallest absolute Gasteiger partial charge is 0.407 e. The number of amides is 2. The van der Waals surface area contributed by atoms with E-state index in [0.29, 0.717) is 5.76 Å². The minimum atomic E-state index is -1.12. The molecule has 1 aliphatic carbocycles. The molecule has 8 heteroatoms. The molecular weight excluding hydrogens is 424 g/mol. The highest BCUT2D eigenvalue weighted by Gasteiger charge is 2.29. The number of nitrogens with one attached hydrogen (secondary N) is 2. The summed E-state index contributed by atoms with van der Waals surface area (Å²) < 4.78 is 10.9. The normalized spacial score (nSPS) is 13.0. The molecule has 33 heavy (non-hydrogen) atoms. The third kappa shape index (κ3) is 4.74. The van der Waals surface area contributed by atoms with E-state index in [-0.39, 0.29) is 31.3 Å². The predicted octanol–water partition coefficient (Wildman–Crippen LogP) is 3.91. The topological polar surface area (TPSA) is 118 Å². The van der Waals surface area contributed by atoms with Crippen LogP contribution in [0, 0.1) is 0 Å². The van der Waals surface area contributed by atoms with E-state index < -0.39 is 24.0 Å². The molecule has 0 saturated carbocycles. The third-order valence-corrected chi connectivity index (χ3v) is 5.65. The van der Waals surface area contributed by atoms with Gasteiger partial charge >= 0.3 is 12.1 Å². The van der Waals surface area contributed by atoms with Crippen molar-refractivity contribution in [3.63, 3.8) is 0 Å². The standard InChI is InChI=1S/C25H24N2O6/c1-2-21(24(29)30)27-23(28)22-12-11-15(33-22)13-26-25(31)32-14-20-18-9-5-3-7-16(18)17-8-4-6-10-19(17)20/h3-12,20-21H,2,13-14H2,1H3,(H,26,31)(H,27,28)(H,29,30)/t21-/m0/s1. The summed E-state index contributed by atoms with van der Waals surface area (Å²) >= 11 is 0. The van der Waals surface area contributed by atoms with E-state index in [1.165, 1.54) is 6.07 Å². The zero-order chi connectivity index (χ0) is 23.4. The van der Waals surface area contributed by atoms with Gasteiger partial charge in [-0.25, -0.2) is 9.59 Å². The van der Waals surface area contributed by atoms with Crippen LogP contribution in [-0.2, 0) is 16.1 Å².